The lowest BCUT2D eigenvalue weighted by atomic mass is 10.2. The number of rotatable bonds is 7. The Labute approximate surface area is 185 Å². The summed E-state index contributed by atoms with van der Waals surface area (Å²) in [6.45, 7) is 2.03. The molecule has 8 nitrogen and oxygen atoms in total. The average molecular weight is 426 g/mol. The summed E-state index contributed by atoms with van der Waals surface area (Å²) in [4.78, 5) is 25.5. The van der Waals surface area contributed by atoms with Gasteiger partial charge in [0.25, 0.3) is 5.91 Å². The molecule has 0 bridgehead atoms. The molecule has 8 heteroatoms. The van der Waals surface area contributed by atoms with Crippen molar-refractivity contribution in [1.82, 2.24) is 15.0 Å². The number of ether oxygens (including phenoxy) is 1. The van der Waals surface area contributed by atoms with Crippen LogP contribution in [0.4, 0.5) is 28.8 Å². The molecule has 0 atom stereocenters. The number of pyridine rings is 1. The Hall–Kier alpha value is -4.46. The van der Waals surface area contributed by atoms with Crippen molar-refractivity contribution in [3.63, 3.8) is 0 Å². The number of carbonyl (C=O) groups is 1. The molecule has 160 valence electrons. The molecule has 2 heterocycles. The second-order valence-electron chi connectivity index (χ2n) is 7.01. The normalized spacial score (nSPS) is 10.3. The molecule has 0 unspecified atom stereocenters. The summed E-state index contributed by atoms with van der Waals surface area (Å²) >= 11 is 0. The third-order valence-corrected chi connectivity index (χ3v) is 4.53. The van der Waals surface area contributed by atoms with Crippen molar-refractivity contribution in [1.29, 1.82) is 0 Å². The number of nitrogens with zero attached hydrogens (tertiary/aromatic N) is 3. The van der Waals surface area contributed by atoms with Crippen LogP contribution in [0.25, 0.3) is 0 Å². The van der Waals surface area contributed by atoms with Gasteiger partial charge in [0, 0.05) is 29.2 Å². The van der Waals surface area contributed by atoms with E-state index in [9.17, 15) is 4.79 Å². The monoisotopic (exact) mass is 426 g/mol. The molecule has 0 aliphatic carbocycles. The first-order valence-corrected chi connectivity index (χ1v) is 9.94. The first-order chi connectivity index (χ1) is 15.6. The SMILES string of the molecule is COc1ccc(NC(=O)c2cccc(Nc3ccnc(Nc4cccc(C)c4)n3)c2)cn1. The summed E-state index contributed by atoms with van der Waals surface area (Å²) in [5.41, 5.74) is 3.86. The summed E-state index contributed by atoms with van der Waals surface area (Å²) in [6.07, 6.45) is 3.21. The molecule has 2 aromatic carbocycles. The molecule has 0 aliphatic rings. The van der Waals surface area contributed by atoms with E-state index in [-0.39, 0.29) is 5.91 Å². The van der Waals surface area contributed by atoms with Crippen LogP contribution in [0.15, 0.2) is 79.1 Å². The minimum absolute atomic E-state index is 0.245. The number of methoxy groups -OCH3 is 1. The van der Waals surface area contributed by atoms with E-state index < -0.39 is 0 Å². The molecular formula is C24H22N6O2. The molecule has 0 saturated carbocycles. The van der Waals surface area contributed by atoms with Gasteiger partial charge in [0.15, 0.2) is 0 Å². The van der Waals surface area contributed by atoms with Gasteiger partial charge in [0.1, 0.15) is 5.82 Å². The molecule has 1 amide bonds. The van der Waals surface area contributed by atoms with Crippen LogP contribution in [-0.4, -0.2) is 28.0 Å². The van der Waals surface area contributed by atoms with Crippen molar-refractivity contribution in [2.24, 2.45) is 0 Å². The van der Waals surface area contributed by atoms with Gasteiger partial charge < -0.3 is 20.7 Å². The number of hydrogen-bond donors (Lipinski definition) is 3. The second-order valence-corrected chi connectivity index (χ2v) is 7.01. The molecule has 0 aliphatic heterocycles. The number of anilines is 5. The van der Waals surface area contributed by atoms with E-state index in [1.165, 1.54) is 0 Å². The van der Waals surface area contributed by atoms with Crippen molar-refractivity contribution in [3.8, 4) is 5.88 Å². The number of nitrogens with one attached hydrogen (secondary N) is 3. The summed E-state index contributed by atoms with van der Waals surface area (Å²) in [6, 6.07) is 20.3. The average Bonchev–Trinajstić information content (AvgIpc) is 2.80. The summed E-state index contributed by atoms with van der Waals surface area (Å²) in [7, 11) is 1.54. The van der Waals surface area contributed by atoms with Gasteiger partial charge >= 0.3 is 0 Å². The number of benzene rings is 2. The molecule has 0 fully saturated rings. The Morgan fingerprint density at radius 2 is 1.69 bits per heavy atom. The highest BCUT2D eigenvalue weighted by atomic mass is 16.5. The van der Waals surface area contributed by atoms with Gasteiger partial charge in [-0.15, -0.1) is 0 Å². The lowest BCUT2D eigenvalue weighted by Gasteiger charge is -2.10. The molecule has 3 N–H and O–H groups in total. The largest absolute Gasteiger partial charge is 0.481 e. The van der Waals surface area contributed by atoms with Crippen LogP contribution in [0, 0.1) is 6.92 Å². The molecule has 0 saturated heterocycles. The number of carbonyl (C=O) groups excluding carboxylic acids is 1. The zero-order chi connectivity index (χ0) is 22.3. The lowest BCUT2D eigenvalue weighted by molar-refractivity contribution is 0.102. The van der Waals surface area contributed by atoms with E-state index in [2.05, 4.69) is 30.9 Å². The van der Waals surface area contributed by atoms with Crippen molar-refractivity contribution in [3.05, 3.63) is 90.3 Å². The number of aromatic nitrogens is 3. The highest BCUT2D eigenvalue weighted by Crippen LogP contribution is 2.20. The molecule has 0 radical (unpaired) electrons. The van der Waals surface area contributed by atoms with E-state index in [0.717, 1.165) is 16.9 Å². The Morgan fingerprint density at radius 1 is 0.875 bits per heavy atom. The van der Waals surface area contributed by atoms with E-state index in [0.29, 0.717) is 28.9 Å². The van der Waals surface area contributed by atoms with Crippen LogP contribution in [0.5, 0.6) is 5.88 Å². The second kappa shape index (κ2) is 9.57. The third kappa shape index (κ3) is 5.37. The number of amides is 1. The van der Waals surface area contributed by atoms with E-state index in [4.69, 9.17) is 4.74 Å². The molecular weight excluding hydrogens is 404 g/mol. The van der Waals surface area contributed by atoms with Gasteiger partial charge in [0.2, 0.25) is 11.8 Å². The molecule has 32 heavy (non-hydrogen) atoms. The van der Waals surface area contributed by atoms with Crippen molar-refractivity contribution < 1.29 is 9.53 Å². The summed E-state index contributed by atoms with van der Waals surface area (Å²) < 4.78 is 5.03. The zero-order valence-corrected chi connectivity index (χ0v) is 17.7. The van der Waals surface area contributed by atoms with Crippen molar-refractivity contribution in [2.45, 2.75) is 6.92 Å². The van der Waals surface area contributed by atoms with Crippen molar-refractivity contribution in [2.75, 3.05) is 23.1 Å². The fourth-order valence-electron chi connectivity index (χ4n) is 3.00. The Morgan fingerprint density at radius 3 is 2.44 bits per heavy atom. The first kappa shape index (κ1) is 20.8. The standard InChI is InChI=1S/C24H22N6O2/c1-16-5-3-7-18(13-16)29-24-25-12-11-21(30-24)27-19-8-4-6-17(14-19)23(31)28-20-9-10-22(32-2)26-15-20/h3-15H,1-2H3,(H,28,31)(H2,25,27,29,30). The highest BCUT2D eigenvalue weighted by molar-refractivity contribution is 6.04. The van der Waals surface area contributed by atoms with Crippen LogP contribution < -0.4 is 20.7 Å². The maximum Gasteiger partial charge on any atom is 0.255 e. The van der Waals surface area contributed by atoms with E-state index in [1.807, 2.05) is 37.3 Å². The van der Waals surface area contributed by atoms with Gasteiger partial charge in [-0.05, 0) is 55.0 Å². The van der Waals surface area contributed by atoms with Crippen molar-refractivity contribution >= 4 is 34.7 Å². The van der Waals surface area contributed by atoms with Gasteiger partial charge in [-0.25, -0.2) is 9.97 Å². The predicted octanol–water partition coefficient (Wildman–Crippen LogP) is 4.93. The van der Waals surface area contributed by atoms with Crippen LogP contribution in [0.2, 0.25) is 0 Å². The fraction of sp³-hybridized carbons (Fsp3) is 0.0833. The first-order valence-electron chi connectivity index (χ1n) is 9.94. The van der Waals surface area contributed by atoms with E-state index in [1.54, 1.807) is 55.9 Å². The van der Waals surface area contributed by atoms with Crippen LogP contribution in [0.1, 0.15) is 15.9 Å². The van der Waals surface area contributed by atoms with Gasteiger partial charge in [-0.3, -0.25) is 4.79 Å². The predicted molar refractivity (Wildman–Crippen MR) is 125 cm³/mol. The van der Waals surface area contributed by atoms with Gasteiger partial charge in [-0.2, -0.15) is 4.98 Å². The lowest BCUT2D eigenvalue weighted by Crippen LogP contribution is -2.12. The Bertz CT molecular complexity index is 1230. The van der Waals surface area contributed by atoms with Gasteiger partial charge in [-0.1, -0.05) is 18.2 Å². The van der Waals surface area contributed by atoms with Crippen LogP contribution in [0.3, 0.4) is 0 Å². The topological polar surface area (TPSA) is 101 Å². The van der Waals surface area contributed by atoms with E-state index >= 15 is 0 Å². The van der Waals surface area contributed by atoms with Gasteiger partial charge in [0.05, 0.1) is 19.0 Å². The maximum absolute atomic E-state index is 12.6. The quantitative estimate of drug-likeness (QED) is 0.385. The van der Waals surface area contributed by atoms with Crippen LogP contribution in [-0.2, 0) is 0 Å². The smallest absolute Gasteiger partial charge is 0.255 e. The minimum Gasteiger partial charge on any atom is -0.481 e. The third-order valence-electron chi connectivity index (χ3n) is 4.53. The zero-order valence-electron chi connectivity index (χ0n) is 17.7. The minimum atomic E-state index is -0.245. The highest BCUT2D eigenvalue weighted by Gasteiger charge is 2.08. The summed E-state index contributed by atoms with van der Waals surface area (Å²) in [5, 5.41) is 9.23. The molecule has 4 aromatic rings. The molecule has 4 rings (SSSR count). The Balaban J connectivity index is 1.44. The maximum atomic E-state index is 12.6. The Kier molecular flexibility index (Phi) is 6.22. The number of hydrogen-bond acceptors (Lipinski definition) is 7. The molecule has 2 aromatic heterocycles. The number of aryl methyl sites for hydroxylation is 1. The summed E-state index contributed by atoms with van der Waals surface area (Å²) in [5.74, 6) is 1.31. The van der Waals surface area contributed by atoms with Crippen LogP contribution >= 0.6 is 0 Å². The fourth-order valence-corrected chi connectivity index (χ4v) is 3.00. The molecule has 0 spiro atoms.